The molecule has 4 N–H and O–H groups in total. The molecule has 0 unspecified atom stereocenters. The Balaban J connectivity index is 2.58. The van der Waals surface area contributed by atoms with Crippen molar-refractivity contribution >= 4 is 0 Å². The number of rotatable bonds is 2. The summed E-state index contributed by atoms with van der Waals surface area (Å²) in [5.74, 6) is 0. The van der Waals surface area contributed by atoms with E-state index < -0.39 is 24.6 Å². The zero-order valence-electron chi connectivity index (χ0n) is 6.03. The van der Waals surface area contributed by atoms with Crippen LogP contribution in [0.25, 0.3) is 0 Å². The maximum Gasteiger partial charge on any atom is 0.183 e. The molecule has 1 saturated heterocycles. The molecule has 72 valence electrons. The van der Waals surface area contributed by atoms with E-state index in [1.54, 1.807) is 0 Å². The van der Waals surface area contributed by atoms with Gasteiger partial charge < -0.3 is 14.9 Å². The second-order valence-corrected chi connectivity index (χ2v) is 2.43. The molecule has 0 radical (unpaired) electrons. The first-order valence-corrected chi connectivity index (χ1v) is 3.29. The van der Waals surface area contributed by atoms with Crippen molar-refractivity contribution in [2.75, 3.05) is 6.61 Å². The largest absolute Gasteiger partial charge is 0.385 e. The van der Waals surface area contributed by atoms with Crippen LogP contribution in [0.1, 0.15) is 0 Å². The van der Waals surface area contributed by atoms with Gasteiger partial charge in [0.15, 0.2) is 12.4 Å². The molecule has 0 aromatic rings. The molecule has 0 bridgehead atoms. The predicted molar refractivity (Wildman–Crippen MR) is 33.0 cm³/mol. The molecule has 0 aromatic carbocycles. The van der Waals surface area contributed by atoms with E-state index in [9.17, 15) is 0 Å². The summed E-state index contributed by atoms with van der Waals surface area (Å²) in [4.78, 5) is 7.63. The van der Waals surface area contributed by atoms with Gasteiger partial charge in [-0.15, -0.1) is 0 Å². The highest BCUT2D eigenvalue weighted by molar-refractivity contribution is 4.82. The van der Waals surface area contributed by atoms with Crippen LogP contribution in [0.2, 0.25) is 0 Å². The topological polar surface area (TPSA) is 109 Å². The Morgan fingerprint density at radius 2 is 1.83 bits per heavy atom. The van der Waals surface area contributed by atoms with Crippen molar-refractivity contribution in [3.05, 3.63) is 0 Å². The quantitative estimate of drug-likeness (QED) is 0.301. The summed E-state index contributed by atoms with van der Waals surface area (Å²) in [6, 6.07) is 0. The molecular formula is C5H10O7. The first kappa shape index (κ1) is 9.81. The number of aliphatic hydroxyl groups is 2. The molecule has 0 aliphatic carbocycles. The van der Waals surface area contributed by atoms with E-state index in [1.165, 1.54) is 0 Å². The Labute approximate surface area is 67.6 Å². The van der Waals surface area contributed by atoms with Gasteiger partial charge in [0, 0.05) is 0 Å². The van der Waals surface area contributed by atoms with Gasteiger partial charge in [-0.2, -0.15) is 0 Å². The lowest BCUT2D eigenvalue weighted by Gasteiger charge is -2.33. The van der Waals surface area contributed by atoms with E-state index in [0.717, 1.165) is 0 Å². The highest BCUT2D eigenvalue weighted by atomic mass is 17.1. The lowest BCUT2D eigenvalue weighted by molar-refractivity contribution is -0.404. The molecular weight excluding hydrogens is 172 g/mol. The maximum absolute atomic E-state index is 9.09. The van der Waals surface area contributed by atoms with Crippen molar-refractivity contribution < 1.29 is 35.2 Å². The molecule has 1 aliphatic heterocycles. The zero-order valence-corrected chi connectivity index (χ0v) is 6.03. The molecule has 12 heavy (non-hydrogen) atoms. The molecule has 0 saturated carbocycles. The van der Waals surface area contributed by atoms with Crippen LogP contribution in [-0.2, 0) is 14.5 Å². The molecule has 1 aliphatic rings. The molecule has 7 nitrogen and oxygen atoms in total. The SMILES string of the molecule is OO[C@@H]1[C@@H](O)[C@H](O)OC[C@H]1OO. The molecule has 1 fully saturated rings. The summed E-state index contributed by atoms with van der Waals surface area (Å²) in [5.41, 5.74) is 0. The lowest BCUT2D eigenvalue weighted by Crippen LogP contribution is -2.54. The van der Waals surface area contributed by atoms with Crippen LogP contribution >= 0.6 is 0 Å². The molecule has 1 rings (SSSR count). The Hall–Kier alpha value is -0.280. The van der Waals surface area contributed by atoms with E-state index >= 15 is 0 Å². The minimum atomic E-state index is -1.46. The van der Waals surface area contributed by atoms with Crippen LogP contribution in [0.5, 0.6) is 0 Å². The van der Waals surface area contributed by atoms with E-state index in [4.69, 9.17) is 20.7 Å². The second kappa shape index (κ2) is 4.10. The third kappa shape index (κ3) is 1.72. The van der Waals surface area contributed by atoms with Gasteiger partial charge in [0.2, 0.25) is 0 Å². The number of aliphatic hydroxyl groups excluding tert-OH is 2. The fraction of sp³-hybridized carbons (Fsp3) is 1.00. The number of hydrogen-bond acceptors (Lipinski definition) is 7. The van der Waals surface area contributed by atoms with Crippen LogP contribution in [0, 0.1) is 0 Å². The van der Waals surface area contributed by atoms with Gasteiger partial charge in [-0.3, -0.25) is 10.5 Å². The Bertz CT molecular complexity index is 138. The predicted octanol–water partition coefficient (Wildman–Crippen LogP) is -1.59. The number of ether oxygens (including phenoxy) is 1. The van der Waals surface area contributed by atoms with Gasteiger partial charge in [0.05, 0.1) is 6.61 Å². The molecule has 1 heterocycles. The van der Waals surface area contributed by atoms with E-state index in [0.29, 0.717) is 0 Å². The molecule has 0 aromatic heterocycles. The molecule has 4 atom stereocenters. The number of hydrogen-bond donors (Lipinski definition) is 4. The Kier molecular flexibility index (Phi) is 3.35. The van der Waals surface area contributed by atoms with Crippen molar-refractivity contribution in [1.82, 2.24) is 0 Å². The highest BCUT2D eigenvalue weighted by Gasteiger charge is 2.41. The van der Waals surface area contributed by atoms with E-state index in [2.05, 4.69) is 14.5 Å². The second-order valence-electron chi connectivity index (χ2n) is 2.43. The summed E-state index contributed by atoms with van der Waals surface area (Å²) >= 11 is 0. The highest BCUT2D eigenvalue weighted by Crippen LogP contribution is 2.17. The minimum absolute atomic E-state index is 0.181. The Morgan fingerprint density at radius 1 is 1.17 bits per heavy atom. The van der Waals surface area contributed by atoms with Crippen molar-refractivity contribution in [3.8, 4) is 0 Å². The average Bonchev–Trinajstić information content (AvgIpc) is 2.09. The first-order valence-electron chi connectivity index (χ1n) is 3.29. The van der Waals surface area contributed by atoms with Gasteiger partial charge in [-0.25, -0.2) is 9.78 Å². The van der Waals surface area contributed by atoms with Crippen molar-refractivity contribution in [2.24, 2.45) is 0 Å². The van der Waals surface area contributed by atoms with E-state index in [1.807, 2.05) is 0 Å². The Morgan fingerprint density at radius 3 is 2.33 bits per heavy atom. The molecule has 0 amide bonds. The summed E-state index contributed by atoms with van der Waals surface area (Å²) in [7, 11) is 0. The zero-order chi connectivity index (χ0) is 9.14. The summed E-state index contributed by atoms with van der Waals surface area (Å²) in [5, 5.41) is 34.5. The molecule has 7 heteroatoms. The van der Waals surface area contributed by atoms with E-state index in [-0.39, 0.29) is 6.61 Å². The van der Waals surface area contributed by atoms with Crippen LogP contribution in [0.3, 0.4) is 0 Å². The van der Waals surface area contributed by atoms with Gasteiger partial charge in [-0.05, 0) is 0 Å². The van der Waals surface area contributed by atoms with Crippen LogP contribution < -0.4 is 0 Å². The fourth-order valence-electron chi connectivity index (χ4n) is 0.990. The van der Waals surface area contributed by atoms with Crippen LogP contribution in [-0.4, -0.2) is 51.9 Å². The van der Waals surface area contributed by atoms with Gasteiger partial charge >= 0.3 is 0 Å². The summed E-state index contributed by atoms with van der Waals surface area (Å²) < 4.78 is 4.56. The first-order chi connectivity index (χ1) is 5.70. The van der Waals surface area contributed by atoms with Gasteiger partial charge in [-0.1, -0.05) is 0 Å². The van der Waals surface area contributed by atoms with Crippen molar-refractivity contribution in [3.63, 3.8) is 0 Å². The monoisotopic (exact) mass is 182 g/mol. The fourth-order valence-corrected chi connectivity index (χ4v) is 0.990. The maximum atomic E-state index is 9.09. The minimum Gasteiger partial charge on any atom is -0.385 e. The smallest absolute Gasteiger partial charge is 0.183 e. The summed E-state index contributed by atoms with van der Waals surface area (Å²) in [6.07, 6.45) is -5.15. The van der Waals surface area contributed by atoms with Crippen LogP contribution in [0.4, 0.5) is 0 Å². The molecule has 0 spiro atoms. The van der Waals surface area contributed by atoms with Crippen molar-refractivity contribution in [1.29, 1.82) is 0 Å². The average molecular weight is 182 g/mol. The van der Waals surface area contributed by atoms with Crippen LogP contribution in [0.15, 0.2) is 0 Å². The van der Waals surface area contributed by atoms with Gasteiger partial charge in [0.25, 0.3) is 0 Å². The lowest BCUT2D eigenvalue weighted by atomic mass is 10.1. The third-order valence-electron chi connectivity index (χ3n) is 1.68. The van der Waals surface area contributed by atoms with Gasteiger partial charge in [0.1, 0.15) is 12.2 Å². The normalized spacial score (nSPS) is 43.0. The third-order valence-corrected chi connectivity index (χ3v) is 1.68. The van der Waals surface area contributed by atoms with Crippen molar-refractivity contribution in [2.45, 2.75) is 24.6 Å². The standard InChI is InChI=1S/C5H10O7/c6-3-4(12-9)2(11-8)1-10-5(3)7/h2-9H,1H2/t2-,3-,4+,5-/m1/s1. The summed E-state index contributed by atoms with van der Waals surface area (Å²) in [6.45, 7) is -0.181.